The predicted molar refractivity (Wildman–Crippen MR) is 65.2 cm³/mol. The maximum absolute atomic E-state index is 11.6. The number of nitrogens with zero attached hydrogens (tertiary/aromatic N) is 1. The van der Waals surface area contributed by atoms with Gasteiger partial charge in [0, 0.05) is 24.4 Å². The summed E-state index contributed by atoms with van der Waals surface area (Å²) in [5.74, 6) is 0.148. The number of rotatable bonds is 4. The van der Waals surface area contributed by atoms with Gasteiger partial charge in [0.15, 0.2) is 5.13 Å². The second-order valence-electron chi connectivity index (χ2n) is 3.74. The van der Waals surface area contributed by atoms with Crippen molar-refractivity contribution in [1.82, 2.24) is 10.3 Å². The minimum absolute atomic E-state index is 0.148. The molecule has 0 aromatic carbocycles. The molecule has 0 atom stereocenters. The van der Waals surface area contributed by atoms with Gasteiger partial charge in [-0.1, -0.05) is 18.3 Å². The highest BCUT2D eigenvalue weighted by molar-refractivity contribution is 7.92. The van der Waals surface area contributed by atoms with Crippen LogP contribution in [0.5, 0.6) is 0 Å². The van der Waals surface area contributed by atoms with E-state index in [1.165, 1.54) is 11.3 Å². The number of fused-ring (bicyclic) bond motifs is 1. The number of hydrogen-bond donors (Lipinski definition) is 2. The summed E-state index contributed by atoms with van der Waals surface area (Å²) in [6.07, 6.45) is 1.49. The molecule has 0 bridgehead atoms. The maximum atomic E-state index is 11.6. The second-order valence-corrected chi connectivity index (χ2v) is 6.66. The van der Waals surface area contributed by atoms with Gasteiger partial charge in [-0.25, -0.2) is 13.4 Å². The van der Waals surface area contributed by atoms with Crippen LogP contribution in [0, 0.1) is 0 Å². The average molecular weight is 261 g/mol. The van der Waals surface area contributed by atoms with E-state index in [2.05, 4.69) is 15.0 Å². The van der Waals surface area contributed by atoms with E-state index in [9.17, 15) is 8.42 Å². The molecule has 90 valence electrons. The Hall–Kier alpha value is -0.660. The summed E-state index contributed by atoms with van der Waals surface area (Å²) in [4.78, 5) is 5.45. The lowest BCUT2D eigenvalue weighted by molar-refractivity contribution is 0.600. The van der Waals surface area contributed by atoms with Gasteiger partial charge in [-0.05, 0) is 6.42 Å². The molecule has 0 aliphatic carbocycles. The molecule has 0 unspecified atom stereocenters. The Kier molecular flexibility index (Phi) is 3.46. The van der Waals surface area contributed by atoms with Crippen molar-refractivity contribution in [2.75, 3.05) is 17.0 Å². The first-order valence-corrected chi connectivity index (χ1v) is 7.77. The molecule has 0 spiro atoms. The first-order valence-electron chi connectivity index (χ1n) is 5.30. The molecular weight excluding hydrogens is 246 g/mol. The number of aromatic nitrogens is 1. The van der Waals surface area contributed by atoms with Crippen molar-refractivity contribution in [3.05, 3.63) is 10.6 Å². The molecule has 7 heteroatoms. The van der Waals surface area contributed by atoms with Crippen LogP contribution >= 0.6 is 11.3 Å². The van der Waals surface area contributed by atoms with Crippen molar-refractivity contribution in [2.45, 2.75) is 26.3 Å². The number of sulfonamides is 1. The average Bonchev–Trinajstić information content (AvgIpc) is 2.58. The number of nitrogens with one attached hydrogen (secondary N) is 2. The summed E-state index contributed by atoms with van der Waals surface area (Å²) in [6.45, 7) is 3.55. The molecule has 0 amide bonds. The number of thiazole rings is 1. The quantitative estimate of drug-likeness (QED) is 0.846. The zero-order valence-corrected chi connectivity index (χ0v) is 10.7. The standard InChI is InChI=1S/C9H15N3O2S2/c1-2-5-16(13,14)12-9-11-7-3-4-10-6-8(7)15-9/h10H,2-6H2,1H3,(H,11,12). The second kappa shape index (κ2) is 4.68. The normalized spacial score (nSPS) is 15.8. The maximum Gasteiger partial charge on any atom is 0.234 e. The van der Waals surface area contributed by atoms with Gasteiger partial charge < -0.3 is 5.32 Å². The fourth-order valence-electron chi connectivity index (χ4n) is 1.62. The van der Waals surface area contributed by atoms with Gasteiger partial charge in [0.1, 0.15) is 0 Å². The van der Waals surface area contributed by atoms with Crippen LogP contribution in [-0.2, 0) is 23.0 Å². The van der Waals surface area contributed by atoms with Gasteiger partial charge >= 0.3 is 0 Å². The molecular formula is C9H15N3O2S2. The molecule has 1 aliphatic heterocycles. The molecule has 0 saturated carbocycles. The smallest absolute Gasteiger partial charge is 0.234 e. The fraction of sp³-hybridized carbons (Fsp3) is 0.667. The summed E-state index contributed by atoms with van der Waals surface area (Å²) in [5, 5.41) is 3.74. The Bertz CT molecular complexity index is 444. The van der Waals surface area contributed by atoms with Crippen LogP contribution in [0.25, 0.3) is 0 Å². The Morgan fingerprint density at radius 2 is 2.38 bits per heavy atom. The molecule has 2 N–H and O–H groups in total. The number of anilines is 1. The van der Waals surface area contributed by atoms with Crippen LogP contribution in [0.3, 0.4) is 0 Å². The van der Waals surface area contributed by atoms with Gasteiger partial charge in [0.05, 0.1) is 11.4 Å². The largest absolute Gasteiger partial charge is 0.311 e. The fourth-order valence-corrected chi connectivity index (χ4v) is 3.95. The molecule has 1 aromatic rings. The topological polar surface area (TPSA) is 71.1 Å². The van der Waals surface area contributed by atoms with Crippen LogP contribution in [0.2, 0.25) is 0 Å². The molecule has 2 rings (SSSR count). The van der Waals surface area contributed by atoms with Crippen molar-refractivity contribution in [3.63, 3.8) is 0 Å². The lowest BCUT2D eigenvalue weighted by Gasteiger charge is -2.09. The molecule has 16 heavy (non-hydrogen) atoms. The Morgan fingerprint density at radius 3 is 3.06 bits per heavy atom. The molecule has 1 aliphatic rings. The van der Waals surface area contributed by atoms with Crippen molar-refractivity contribution >= 4 is 26.5 Å². The van der Waals surface area contributed by atoms with Crippen molar-refractivity contribution in [2.24, 2.45) is 0 Å². The van der Waals surface area contributed by atoms with Gasteiger partial charge in [-0.15, -0.1) is 0 Å². The highest BCUT2D eigenvalue weighted by atomic mass is 32.2. The van der Waals surface area contributed by atoms with E-state index in [1.807, 2.05) is 6.92 Å². The Labute approximate surface area is 99.3 Å². The lowest BCUT2D eigenvalue weighted by Crippen LogP contribution is -2.22. The zero-order valence-electron chi connectivity index (χ0n) is 9.12. The Balaban J connectivity index is 2.13. The first-order chi connectivity index (χ1) is 7.61. The van der Waals surface area contributed by atoms with Crippen molar-refractivity contribution in [3.8, 4) is 0 Å². The van der Waals surface area contributed by atoms with Gasteiger partial charge in [0.2, 0.25) is 10.0 Å². The summed E-state index contributed by atoms with van der Waals surface area (Å²) in [6, 6.07) is 0. The number of hydrogen-bond acceptors (Lipinski definition) is 5. The predicted octanol–water partition coefficient (Wildman–Crippen LogP) is 0.941. The van der Waals surface area contributed by atoms with Gasteiger partial charge in [0.25, 0.3) is 0 Å². The van der Waals surface area contributed by atoms with E-state index in [4.69, 9.17) is 0 Å². The first kappa shape index (κ1) is 11.8. The van der Waals surface area contributed by atoms with Crippen LogP contribution in [-0.4, -0.2) is 25.7 Å². The van der Waals surface area contributed by atoms with E-state index in [1.54, 1.807) is 0 Å². The van der Waals surface area contributed by atoms with E-state index in [0.717, 1.165) is 30.1 Å². The van der Waals surface area contributed by atoms with Crippen molar-refractivity contribution < 1.29 is 8.42 Å². The van der Waals surface area contributed by atoms with Gasteiger partial charge in [-0.3, -0.25) is 4.72 Å². The van der Waals surface area contributed by atoms with E-state index in [-0.39, 0.29) is 5.75 Å². The SMILES string of the molecule is CCCS(=O)(=O)Nc1nc2c(s1)CNCC2. The zero-order chi connectivity index (χ0) is 11.6. The molecule has 2 heterocycles. The third-order valence-electron chi connectivity index (χ3n) is 2.32. The molecule has 5 nitrogen and oxygen atoms in total. The third kappa shape index (κ3) is 2.72. The van der Waals surface area contributed by atoms with Gasteiger partial charge in [-0.2, -0.15) is 0 Å². The van der Waals surface area contributed by atoms with E-state index >= 15 is 0 Å². The molecule has 0 radical (unpaired) electrons. The monoisotopic (exact) mass is 261 g/mol. The highest BCUT2D eigenvalue weighted by Crippen LogP contribution is 2.26. The van der Waals surface area contributed by atoms with Crippen LogP contribution < -0.4 is 10.0 Å². The van der Waals surface area contributed by atoms with Crippen LogP contribution in [0.4, 0.5) is 5.13 Å². The molecule has 0 fully saturated rings. The lowest BCUT2D eigenvalue weighted by atomic mass is 10.2. The molecule has 1 aromatic heterocycles. The van der Waals surface area contributed by atoms with E-state index < -0.39 is 10.0 Å². The highest BCUT2D eigenvalue weighted by Gasteiger charge is 2.17. The molecule has 0 saturated heterocycles. The summed E-state index contributed by atoms with van der Waals surface area (Å²) >= 11 is 1.42. The summed E-state index contributed by atoms with van der Waals surface area (Å²) < 4.78 is 25.6. The minimum atomic E-state index is -3.21. The van der Waals surface area contributed by atoms with E-state index in [0.29, 0.717) is 11.6 Å². The minimum Gasteiger partial charge on any atom is -0.311 e. The summed E-state index contributed by atoms with van der Waals surface area (Å²) in [7, 11) is -3.21. The van der Waals surface area contributed by atoms with Crippen molar-refractivity contribution in [1.29, 1.82) is 0 Å². The summed E-state index contributed by atoms with van der Waals surface area (Å²) in [5.41, 5.74) is 1.03. The van der Waals surface area contributed by atoms with Crippen LogP contribution in [0.15, 0.2) is 0 Å². The Morgan fingerprint density at radius 1 is 1.56 bits per heavy atom. The van der Waals surface area contributed by atoms with Crippen LogP contribution in [0.1, 0.15) is 23.9 Å². The third-order valence-corrected chi connectivity index (χ3v) is 4.91.